The molecule has 2 nitrogen and oxygen atoms in total. The van der Waals surface area contributed by atoms with Crippen LogP contribution in [0.5, 0.6) is 0 Å². The Morgan fingerprint density at radius 1 is 1.28 bits per heavy atom. The second-order valence-electron chi connectivity index (χ2n) is 4.27. The van der Waals surface area contributed by atoms with E-state index < -0.39 is 0 Å². The van der Waals surface area contributed by atoms with Crippen molar-refractivity contribution in [2.24, 2.45) is 0 Å². The van der Waals surface area contributed by atoms with Gasteiger partial charge in [-0.3, -0.25) is 4.98 Å². The minimum atomic E-state index is 0.361. The van der Waals surface area contributed by atoms with E-state index in [2.05, 4.69) is 64.3 Å². The van der Waals surface area contributed by atoms with E-state index in [0.717, 1.165) is 6.42 Å². The minimum Gasteiger partial charge on any atom is -0.303 e. The van der Waals surface area contributed by atoms with Crippen LogP contribution in [-0.4, -0.2) is 4.98 Å². The first-order valence-corrected chi connectivity index (χ1v) is 7.73. The summed E-state index contributed by atoms with van der Waals surface area (Å²) in [5.41, 5.74) is 1.30. The highest BCUT2D eigenvalue weighted by atomic mass is 79.9. The molecule has 0 aliphatic carbocycles. The summed E-state index contributed by atoms with van der Waals surface area (Å²) in [5, 5.41) is 3.67. The van der Waals surface area contributed by atoms with Gasteiger partial charge in [0.2, 0.25) is 0 Å². The lowest BCUT2D eigenvalue weighted by atomic mass is 10.0. The Morgan fingerprint density at radius 3 is 2.56 bits per heavy atom. The third-order valence-corrected chi connectivity index (χ3v) is 4.80. The molecular weight excluding hydrogens is 308 g/mol. The Kier molecular flexibility index (Phi) is 4.92. The van der Waals surface area contributed by atoms with Gasteiger partial charge in [0, 0.05) is 29.4 Å². The minimum absolute atomic E-state index is 0.361. The zero-order valence-electron chi connectivity index (χ0n) is 10.6. The Balaban J connectivity index is 2.07. The van der Waals surface area contributed by atoms with Crippen LogP contribution in [-0.2, 0) is 0 Å². The SMILES string of the molecule is CCC(NC(C)c1ccc(Br)s1)c1ccncc1. The van der Waals surface area contributed by atoms with Gasteiger partial charge in [-0.25, -0.2) is 0 Å². The first kappa shape index (κ1) is 13.7. The summed E-state index contributed by atoms with van der Waals surface area (Å²) in [4.78, 5) is 5.43. The number of nitrogens with zero attached hydrogens (tertiary/aromatic N) is 1. The number of thiophene rings is 1. The largest absolute Gasteiger partial charge is 0.303 e. The number of hydrogen-bond donors (Lipinski definition) is 1. The van der Waals surface area contributed by atoms with Gasteiger partial charge in [-0.15, -0.1) is 11.3 Å². The van der Waals surface area contributed by atoms with Crippen molar-refractivity contribution in [3.05, 3.63) is 50.9 Å². The van der Waals surface area contributed by atoms with Crippen LogP contribution < -0.4 is 5.32 Å². The predicted octanol–water partition coefficient (Wildman–Crippen LogP) is 4.71. The zero-order chi connectivity index (χ0) is 13.0. The van der Waals surface area contributed by atoms with E-state index in [4.69, 9.17) is 0 Å². The normalized spacial score (nSPS) is 14.4. The fraction of sp³-hybridized carbons (Fsp3) is 0.357. The van der Waals surface area contributed by atoms with Crippen LogP contribution in [0.25, 0.3) is 0 Å². The molecule has 2 atom stereocenters. The number of rotatable bonds is 5. The lowest BCUT2D eigenvalue weighted by Crippen LogP contribution is -2.23. The van der Waals surface area contributed by atoms with E-state index >= 15 is 0 Å². The van der Waals surface area contributed by atoms with Gasteiger partial charge in [0.05, 0.1) is 3.79 Å². The summed E-state index contributed by atoms with van der Waals surface area (Å²) in [5.74, 6) is 0. The predicted molar refractivity (Wildman–Crippen MR) is 80.8 cm³/mol. The lowest BCUT2D eigenvalue weighted by molar-refractivity contribution is 0.460. The fourth-order valence-corrected chi connectivity index (χ4v) is 3.43. The average molecular weight is 325 g/mol. The lowest BCUT2D eigenvalue weighted by Gasteiger charge is -2.21. The summed E-state index contributed by atoms with van der Waals surface area (Å²) in [7, 11) is 0. The second-order valence-corrected chi connectivity index (χ2v) is 6.77. The standard InChI is InChI=1S/C14H17BrN2S/c1-3-12(11-6-8-16-9-7-11)17-10(2)13-4-5-14(15)18-13/h4-10,12,17H,3H2,1-2H3. The third kappa shape index (κ3) is 3.40. The number of nitrogens with one attached hydrogen (secondary N) is 1. The zero-order valence-corrected chi connectivity index (χ0v) is 13.0. The van der Waals surface area contributed by atoms with Gasteiger partial charge in [-0.05, 0) is 59.1 Å². The maximum atomic E-state index is 4.07. The van der Waals surface area contributed by atoms with Crippen molar-refractivity contribution in [1.29, 1.82) is 0 Å². The Morgan fingerprint density at radius 2 is 2.00 bits per heavy atom. The first-order valence-electron chi connectivity index (χ1n) is 6.12. The Bertz CT molecular complexity index is 484. The van der Waals surface area contributed by atoms with E-state index in [1.807, 2.05) is 12.4 Å². The van der Waals surface area contributed by atoms with Crippen LogP contribution in [0.4, 0.5) is 0 Å². The van der Waals surface area contributed by atoms with Gasteiger partial charge in [-0.2, -0.15) is 0 Å². The second kappa shape index (κ2) is 6.45. The van der Waals surface area contributed by atoms with Gasteiger partial charge in [0.1, 0.15) is 0 Å². The quantitative estimate of drug-likeness (QED) is 0.861. The average Bonchev–Trinajstić information content (AvgIpc) is 2.83. The molecule has 0 aliphatic heterocycles. The number of aromatic nitrogens is 1. The molecule has 0 saturated heterocycles. The van der Waals surface area contributed by atoms with Crippen LogP contribution in [0.15, 0.2) is 40.4 Å². The van der Waals surface area contributed by atoms with Gasteiger partial charge < -0.3 is 5.32 Å². The van der Waals surface area contributed by atoms with Crippen molar-refractivity contribution < 1.29 is 0 Å². The van der Waals surface area contributed by atoms with E-state index in [9.17, 15) is 0 Å². The van der Waals surface area contributed by atoms with Crippen LogP contribution >= 0.6 is 27.3 Å². The summed E-state index contributed by atoms with van der Waals surface area (Å²) < 4.78 is 1.18. The van der Waals surface area contributed by atoms with Crippen molar-refractivity contribution in [2.75, 3.05) is 0 Å². The molecule has 0 radical (unpaired) electrons. The first-order chi connectivity index (χ1) is 8.70. The molecular formula is C14H17BrN2S. The third-order valence-electron chi connectivity index (χ3n) is 2.99. The molecule has 1 N–H and O–H groups in total. The van der Waals surface area contributed by atoms with Gasteiger partial charge >= 0.3 is 0 Å². The molecule has 0 aliphatic rings. The van der Waals surface area contributed by atoms with Gasteiger partial charge in [0.15, 0.2) is 0 Å². The van der Waals surface area contributed by atoms with Crippen molar-refractivity contribution in [2.45, 2.75) is 32.4 Å². The molecule has 18 heavy (non-hydrogen) atoms. The molecule has 2 aromatic heterocycles. The molecule has 96 valence electrons. The monoisotopic (exact) mass is 324 g/mol. The topological polar surface area (TPSA) is 24.9 Å². The molecule has 0 aromatic carbocycles. The van der Waals surface area contributed by atoms with E-state index in [1.165, 1.54) is 14.2 Å². The Hall–Kier alpha value is -0.710. The number of halogens is 1. The number of pyridine rings is 1. The fourth-order valence-electron chi connectivity index (χ4n) is 1.99. The summed E-state index contributed by atoms with van der Waals surface area (Å²) in [6, 6.07) is 9.18. The molecule has 2 unspecified atom stereocenters. The summed E-state index contributed by atoms with van der Waals surface area (Å²) in [6.45, 7) is 4.41. The van der Waals surface area contributed by atoms with Gasteiger partial charge in [-0.1, -0.05) is 6.92 Å². The van der Waals surface area contributed by atoms with Crippen molar-refractivity contribution in [1.82, 2.24) is 10.3 Å². The van der Waals surface area contributed by atoms with Crippen LogP contribution in [0.3, 0.4) is 0 Å². The van der Waals surface area contributed by atoms with Crippen molar-refractivity contribution >= 4 is 27.3 Å². The summed E-state index contributed by atoms with van der Waals surface area (Å²) >= 11 is 5.30. The molecule has 0 saturated carbocycles. The smallest absolute Gasteiger partial charge is 0.0701 e. The maximum Gasteiger partial charge on any atom is 0.0701 e. The molecule has 2 aromatic rings. The van der Waals surface area contributed by atoms with E-state index in [0.29, 0.717) is 12.1 Å². The van der Waals surface area contributed by atoms with E-state index in [-0.39, 0.29) is 0 Å². The number of hydrogen-bond acceptors (Lipinski definition) is 3. The molecule has 2 heterocycles. The van der Waals surface area contributed by atoms with Crippen LogP contribution in [0.2, 0.25) is 0 Å². The van der Waals surface area contributed by atoms with Crippen LogP contribution in [0.1, 0.15) is 42.8 Å². The highest BCUT2D eigenvalue weighted by Gasteiger charge is 2.14. The molecule has 0 fully saturated rings. The van der Waals surface area contributed by atoms with Gasteiger partial charge in [0.25, 0.3) is 0 Å². The Labute approximate surface area is 121 Å². The molecule has 2 rings (SSSR count). The molecule has 0 spiro atoms. The van der Waals surface area contributed by atoms with Crippen molar-refractivity contribution in [3.8, 4) is 0 Å². The molecule has 0 amide bonds. The summed E-state index contributed by atoms with van der Waals surface area (Å²) in [6.07, 6.45) is 4.78. The van der Waals surface area contributed by atoms with Crippen LogP contribution in [0, 0.1) is 0 Å². The van der Waals surface area contributed by atoms with E-state index in [1.54, 1.807) is 11.3 Å². The highest BCUT2D eigenvalue weighted by Crippen LogP contribution is 2.29. The highest BCUT2D eigenvalue weighted by molar-refractivity contribution is 9.11. The molecule has 4 heteroatoms. The maximum absolute atomic E-state index is 4.07. The molecule has 0 bridgehead atoms. The van der Waals surface area contributed by atoms with Crippen molar-refractivity contribution in [3.63, 3.8) is 0 Å².